The SMILES string of the molecule is CCC(=O)NCCN1C(=O)[C@](C)(C(F)(F)F)Oc2cc(C(F)(F)F)c(C(=O)N(C(C)C)[C@@H]3CCCN(C(=O)OC(C)(C)C)C3)cc21. The van der Waals surface area contributed by atoms with E-state index in [1.165, 1.54) is 16.7 Å². The predicted octanol–water partition coefficient (Wildman–Crippen LogP) is 5.53. The molecule has 2 atom stereocenters. The Balaban J connectivity index is 2.13. The van der Waals surface area contributed by atoms with Crippen LogP contribution in [0.4, 0.5) is 36.8 Å². The number of piperidine rings is 1. The molecule has 1 N–H and O–H groups in total. The quantitative estimate of drug-likeness (QED) is 0.384. The van der Waals surface area contributed by atoms with E-state index >= 15 is 0 Å². The van der Waals surface area contributed by atoms with Crippen LogP contribution < -0.4 is 15.0 Å². The summed E-state index contributed by atoms with van der Waals surface area (Å²) in [6, 6.07) is -0.388. The Hall–Kier alpha value is -3.72. The molecule has 1 fully saturated rings. The lowest BCUT2D eigenvalue weighted by Crippen LogP contribution is -2.63. The molecule has 4 amide bonds. The Morgan fingerprint density at radius 2 is 1.76 bits per heavy atom. The van der Waals surface area contributed by atoms with Gasteiger partial charge in [0.1, 0.15) is 11.4 Å². The van der Waals surface area contributed by atoms with Gasteiger partial charge in [0.15, 0.2) is 0 Å². The number of anilines is 1. The molecule has 0 unspecified atom stereocenters. The molecule has 0 aromatic heterocycles. The highest BCUT2D eigenvalue weighted by Gasteiger charge is 2.63. The number of nitrogens with zero attached hydrogens (tertiary/aromatic N) is 3. The van der Waals surface area contributed by atoms with Gasteiger partial charge in [-0.15, -0.1) is 0 Å². The number of fused-ring (bicyclic) bond motifs is 1. The number of benzene rings is 1. The van der Waals surface area contributed by atoms with Crippen LogP contribution in [-0.4, -0.2) is 89.3 Å². The van der Waals surface area contributed by atoms with E-state index in [0.717, 1.165) is 0 Å². The minimum Gasteiger partial charge on any atom is -0.466 e. The van der Waals surface area contributed by atoms with Gasteiger partial charge in [0.25, 0.3) is 17.4 Å². The Morgan fingerprint density at radius 3 is 2.28 bits per heavy atom. The maximum absolute atomic E-state index is 14.5. The zero-order valence-corrected chi connectivity index (χ0v) is 26.8. The number of rotatable bonds is 7. The maximum Gasteiger partial charge on any atom is 0.437 e. The van der Waals surface area contributed by atoms with Crippen molar-refractivity contribution in [3.63, 3.8) is 0 Å². The van der Waals surface area contributed by atoms with Crippen LogP contribution in [0.1, 0.15) is 83.7 Å². The maximum atomic E-state index is 14.5. The van der Waals surface area contributed by atoms with E-state index in [9.17, 15) is 45.5 Å². The van der Waals surface area contributed by atoms with Gasteiger partial charge in [-0.3, -0.25) is 14.4 Å². The lowest BCUT2D eigenvalue weighted by Gasteiger charge is -2.43. The van der Waals surface area contributed by atoms with Gasteiger partial charge in [0.2, 0.25) is 5.91 Å². The van der Waals surface area contributed by atoms with Crippen LogP contribution in [0.2, 0.25) is 0 Å². The van der Waals surface area contributed by atoms with Crippen molar-refractivity contribution in [2.75, 3.05) is 31.1 Å². The van der Waals surface area contributed by atoms with Crippen molar-refractivity contribution in [3.05, 3.63) is 23.3 Å². The molecule has 2 aliphatic heterocycles. The van der Waals surface area contributed by atoms with Crippen molar-refractivity contribution in [1.82, 2.24) is 15.1 Å². The lowest BCUT2D eigenvalue weighted by atomic mass is 9.95. The van der Waals surface area contributed by atoms with Gasteiger partial charge in [-0.05, 0) is 66.5 Å². The minimum absolute atomic E-state index is 0.0279. The number of carbonyl (C=O) groups is 4. The fraction of sp³-hybridized carbons (Fsp3) is 0.667. The van der Waals surface area contributed by atoms with E-state index in [2.05, 4.69) is 5.32 Å². The molecule has 0 radical (unpaired) electrons. The van der Waals surface area contributed by atoms with E-state index in [1.54, 1.807) is 34.6 Å². The van der Waals surface area contributed by atoms with Crippen LogP contribution >= 0.6 is 0 Å². The monoisotopic (exact) mass is 666 g/mol. The van der Waals surface area contributed by atoms with Crippen LogP contribution in [0.15, 0.2) is 12.1 Å². The zero-order valence-electron chi connectivity index (χ0n) is 26.8. The van der Waals surface area contributed by atoms with E-state index in [1.807, 2.05) is 0 Å². The highest BCUT2D eigenvalue weighted by atomic mass is 19.4. The highest BCUT2D eigenvalue weighted by molar-refractivity contribution is 6.05. The fourth-order valence-electron chi connectivity index (χ4n) is 5.37. The highest BCUT2D eigenvalue weighted by Crippen LogP contribution is 2.48. The van der Waals surface area contributed by atoms with Gasteiger partial charge >= 0.3 is 18.4 Å². The molecule has 3 rings (SSSR count). The molecule has 0 aliphatic carbocycles. The summed E-state index contributed by atoms with van der Waals surface area (Å²) in [6.07, 6.45) is -10.4. The third-order valence-corrected chi connectivity index (χ3v) is 7.65. The van der Waals surface area contributed by atoms with Crippen LogP contribution in [0.5, 0.6) is 5.75 Å². The molecule has 1 saturated heterocycles. The summed E-state index contributed by atoms with van der Waals surface area (Å²) in [6.45, 7) is 9.54. The van der Waals surface area contributed by atoms with Crippen LogP contribution in [0, 0.1) is 0 Å². The van der Waals surface area contributed by atoms with E-state index in [4.69, 9.17) is 9.47 Å². The minimum atomic E-state index is -5.32. The molecule has 1 aromatic rings. The second-order valence-corrected chi connectivity index (χ2v) is 12.7. The van der Waals surface area contributed by atoms with Gasteiger partial charge in [0, 0.05) is 38.6 Å². The van der Waals surface area contributed by atoms with Crippen LogP contribution in [-0.2, 0) is 20.5 Å². The summed E-state index contributed by atoms with van der Waals surface area (Å²) in [5, 5.41) is 2.42. The Labute approximate surface area is 263 Å². The number of carbonyl (C=O) groups excluding carboxylic acids is 4. The molecular weight excluding hydrogens is 626 g/mol. The molecule has 0 bridgehead atoms. The molecular formula is C30H40F6N4O6. The van der Waals surface area contributed by atoms with Gasteiger partial charge in [-0.25, -0.2) is 4.79 Å². The molecule has 0 spiro atoms. The third-order valence-electron chi connectivity index (χ3n) is 7.65. The van der Waals surface area contributed by atoms with E-state index < -0.39 is 88.6 Å². The lowest BCUT2D eigenvalue weighted by molar-refractivity contribution is -0.236. The first-order chi connectivity index (χ1) is 21.0. The fourth-order valence-corrected chi connectivity index (χ4v) is 5.37. The smallest absolute Gasteiger partial charge is 0.437 e. The summed E-state index contributed by atoms with van der Waals surface area (Å²) < 4.78 is 96.2. The topological polar surface area (TPSA) is 108 Å². The number of halogens is 6. The average molecular weight is 667 g/mol. The molecule has 10 nitrogen and oxygen atoms in total. The third kappa shape index (κ3) is 7.80. The second-order valence-electron chi connectivity index (χ2n) is 12.7. The van der Waals surface area contributed by atoms with Gasteiger partial charge in [-0.1, -0.05) is 6.92 Å². The molecule has 258 valence electrons. The van der Waals surface area contributed by atoms with Crippen molar-refractivity contribution in [3.8, 4) is 5.75 Å². The molecule has 0 saturated carbocycles. The van der Waals surface area contributed by atoms with Gasteiger partial charge in [-0.2, -0.15) is 26.3 Å². The molecule has 1 aromatic carbocycles. The number of nitrogens with one attached hydrogen (secondary N) is 1. The molecule has 16 heteroatoms. The molecule has 46 heavy (non-hydrogen) atoms. The second kappa shape index (κ2) is 13.2. The number of hydrogen-bond donors (Lipinski definition) is 1. The van der Waals surface area contributed by atoms with E-state index in [0.29, 0.717) is 43.3 Å². The number of amides is 4. The first kappa shape index (κ1) is 36.7. The van der Waals surface area contributed by atoms with Crippen LogP contribution in [0.25, 0.3) is 0 Å². The molecule has 2 aliphatic rings. The number of hydrogen-bond acceptors (Lipinski definition) is 6. The van der Waals surface area contributed by atoms with Crippen molar-refractivity contribution < 1.29 is 55.0 Å². The predicted molar refractivity (Wildman–Crippen MR) is 154 cm³/mol. The number of likely N-dealkylation sites (tertiary alicyclic amines) is 1. The summed E-state index contributed by atoms with van der Waals surface area (Å²) >= 11 is 0. The standard InChI is InChI=1S/C30H40F6N4O6/c1-8-23(41)37-11-13-39-21-14-19(20(29(31,32)33)15-22(21)45-28(7,25(39)43)30(34,35)36)24(42)40(17(2)3)18-10-9-12-38(16-18)26(44)46-27(4,5)6/h14-15,17-18H,8-13,16H2,1-7H3,(H,37,41)/t18-,28-/m1/s1. The van der Waals surface area contributed by atoms with E-state index in [-0.39, 0.29) is 19.5 Å². The Kier molecular flexibility index (Phi) is 10.5. The number of alkyl halides is 6. The largest absolute Gasteiger partial charge is 0.466 e. The summed E-state index contributed by atoms with van der Waals surface area (Å²) in [5.74, 6) is -4.10. The van der Waals surface area contributed by atoms with Crippen molar-refractivity contribution in [1.29, 1.82) is 0 Å². The number of ether oxygens (including phenoxy) is 2. The van der Waals surface area contributed by atoms with Crippen molar-refractivity contribution in [2.24, 2.45) is 0 Å². The summed E-state index contributed by atoms with van der Waals surface area (Å²) in [4.78, 5) is 55.0. The Bertz CT molecular complexity index is 1340. The van der Waals surface area contributed by atoms with Crippen molar-refractivity contribution in [2.45, 2.75) is 103 Å². The van der Waals surface area contributed by atoms with Gasteiger partial charge < -0.3 is 29.5 Å². The first-order valence-electron chi connectivity index (χ1n) is 14.9. The average Bonchev–Trinajstić information content (AvgIpc) is 2.92. The zero-order chi connectivity index (χ0) is 35.0. The van der Waals surface area contributed by atoms with Gasteiger partial charge in [0.05, 0.1) is 22.9 Å². The summed E-state index contributed by atoms with van der Waals surface area (Å²) in [7, 11) is 0. The van der Waals surface area contributed by atoms with Crippen molar-refractivity contribution >= 4 is 29.5 Å². The first-order valence-corrected chi connectivity index (χ1v) is 14.9. The van der Waals surface area contributed by atoms with Crippen LogP contribution in [0.3, 0.4) is 0 Å². The normalized spacial score (nSPS) is 20.7. The summed E-state index contributed by atoms with van der Waals surface area (Å²) in [5.41, 5.74) is -7.31. The molecule has 2 heterocycles. The Morgan fingerprint density at radius 1 is 1.13 bits per heavy atom.